The number of rotatable bonds is 6. The highest BCUT2D eigenvalue weighted by Crippen LogP contribution is 2.25. The molecule has 160 valence electrons. The van der Waals surface area contributed by atoms with Gasteiger partial charge >= 0.3 is 0 Å². The van der Waals surface area contributed by atoms with Crippen LogP contribution >= 0.6 is 0 Å². The molecule has 3 aromatic heterocycles. The summed E-state index contributed by atoms with van der Waals surface area (Å²) in [6.45, 7) is 8.85. The molecule has 0 unspecified atom stereocenters. The van der Waals surface area contributed by atoms with Crippen LogP contribution in [0.4, 0.5) is 4.39 Å². The molecule has 1 atom stereocenters. The summed E-state index contributed by atoms with van der Waals surface area (Å²) in [5, 5.41) is 12.2. The Hall–Kier alpha value is -3.55. The van der Waals surface area contributed by atoms with Crippen molar-refractivity contribution < 1.29 is 9.18 Å². The summed E-state index contributed by atoms with van der Waals surface area (Å²) in [4.78, 5) is 17.4. The molecule has 0 aliphatic carbocycles. The van der Waals surface area contributed by atoms with Crippen molar-refractivity contribution >= 4 is 11.6 Å². The third-order valence-corrected chi connectivity index (χ3v) is 5.53. The van der Waals surface area contributed by atoms with Gasteiger partial charge in [0.1, 0.15) is 5.82 Å². The highest BCUT2D eigenvalue weighted by Gasteiger charge is 2.23. The molecule has 8 heteroatoms. The van der Waals surface area contributed by atoms with Gasteiger partial charge in [-0.15, -0.1) is 0 Å². The first kappa shape index (κ1) is 20.7. The van der Waals surface area contributed by atoms with Gasteiger partial charge in [0.25, 0.3) is 5.91 Å². The van der Waals surface area contributed by atoms with Crippen LogP contribution in [-0.2, 0) is 6.54 Å². The van der Waals surface area contributed by atoms with Crippen molar-refractivity contribution in [1.29, 1.82) is 0 Å². The van der Waals surface area contributed by atoms with Gasteiger partial charge in [-0.3, -0.25) is 9.48 Å². The van der Waals surface area contributed by atoms with E-state index in [0.29, 0.717) is 5.65 Å². The number of nitrogens with one attached hydrogen (secondary N) is 1. The largest absolute Gasteiger partial charge is 0.344 e. The Bertz CT molecular complexity index is 1240. The molecule has 0 aliphatic rings. The summed E-state index contributed by atoms with van der Waals surface area (Å²) in [6.07, 6.45) is 2.38. The molecule has 7 nitrogen and oxygen atoms in total. The lowest BCUT2D eigenvalue weighted by Crippen LogP contribution is -2.29. The lowest BCUT2D eigenvalue weighted by molar-refractivity contribution is 0.0930. The number of carbonyl (C=O) groups is 1. The normalized spacial score (nSPS) is 12.3. The summed E-state index contributed by atoms with van der Waals surface area (Å²) < 4.78 is 16.9. The van der Waals surface area contributed by atoms with Gasteiger partial charge in [-0.2, -0.15) is 10.2 Å². The van der Waals surface area contributed by atoms with E-state index in [1.165, 1.54) is 12.1 Å². The molecule has 1 aromatic carbocycles. The molecule has 1 amide bonds. The number of fused-ring (bicyclic) bond motifs is 1. The molecule has 4 rings (SSSR count). The minimum atomic E-state index is -0.308. The number of amides is 1. The van der Waals surface area contributed by atoms with Crippen LogP contribution in [0.3, 0.4) is 0 Å². The van der Waals surface area contributed by atoms with Crippen molar-refractivity contribution in [1.82, 2.24) is 29.7 Å². The maximum Gasteiger partial charge on any atom is 0.272 e. The van der Waals surface area contributed by atoms with Crippen LogP contribution in [0.15, 0.2) is 42.6 Å². The van der Waals surface area contributed by atoms with Crippen LogP contribution in [0.5, 0.6) is 0 Å². The Morgan fingerprint density at radius 2 is 1.87 bits per heavy atom. The molecule has 0 spiro atoms. The van der Waals surface area contributed by atoms with E-state index in [1.807, 2.05) is 32.4 Å². The highest BCUT2D eigenvalue weighted by atomic mass is 19.1. The van der Waals surface area contributed by atoms with Crippen molar-refractivity contribution in [2.24, 2.45) is 0 Å². The van der Waals surface area contributed by atoms with Gasteiger partial charge in [0.15, 0.2) is 11.3 Å². The van der Waals surface area contributed by atoms with Crippen LogP contribution in [0.1, 0.15) is 53.7 Å². The Morgan fingerprint density at radius 3 is 2.52 bits per heavy atom. The standard InChI is InChI=1S/C23H25FN6O/c1-5-18(22-14(3)27-29(6-2)15(22)4)26-23(31)19-13-21-25-12-11-20(30(21)28-19)16-7-9-17(24)10-8-16/h7-13,18H,5-6H2,1-4H3,(H,26,31)/t18-/m0/s1. The Labute approximate surface area is 179 Å². The van der Waals surface area contributed by atoms with Crippen molar-refractivity contribution in [3.8, 4) is 11.3 Å². The number of aromatic nitrogens is 5. The average molecular weight is 420 g/mol. The molecular formula is C23H25FN6O. The minimum Gasteiger partial charge on any atom is -0.344 e. The number of aryl methyl sites for hydroxylation is 2. The van der Waals surface area contributed by atoms with E-state index in [1.54, 1.807) is 35.0 Å². The minimum absolute atomic E-state index is 0.165. The van der Waals surface area contributed by atoms with Crippen molar-refractivity contribution in [3.05, 3.63) is 71.1 Å². The van der Waals surface area contributed by atoms with Gasteiger partial charge in [-0.1, -0.05) is 6.92 Å². The van der Waals surface area contributed by atoms with Gasteiger partial charge < -0.3 is 5.32 Å². The van der Waals surface area contributed by atoms with Crippen LogP contribution in [0.25, 0.3) is 16.9 Å². The SMILES string of the molecule is CC[C@H](NC(=O)c1cc2nccc(-c3ccc(F)cc3)n2n1)c1c(C)nn(CC)c1C. The number of hydrogen-bond donors (Lipinski definition) is 1. The van der Waals surface area contributed by atoms with Gasteiger partial charge in [-0.05, 0) is 57.5 Å². The Kier molecular flexibility index (Phi) is 5.54. The number of nitrogens with zero attached hydrogens (tertiary/aromatic N) is 5. The highest BCUT2D eigenvalue weighted by molar-refractivity contribution is 5.93. The predicted octanol–water partition coefficient (Wildman–Crippen LogP) is 4.25. The Morgan fingerprint density at radius 1 is 1.13 bits per heavy atom. The predicted molar refractivity (Wildman–Crippen MR) is 116 cm³/mol. The van der Waals surface area contributed by atoms with Crippen molar-refractivity contribution in [2.45, 2.75) is 46.7 Å². The summed E-state index contributed by atoms with van der Waals surface area (Å²) in [7, 11) is 0. The molecule has 0 bridgehead atoms. The summed E-state index contributed by atoms with van der Waals surface area (Å²) in [6, 6.07) is 9.42. The lowest BCUT2D eigenvalue weighted by Gasteiger charge is -2.17. The molecular weight excluding hydrogens is 395 g/mol. The van der Waals surface area contributed by atoms with Gasteiger partial charge in [-0.25, -0.2) is 13.9 Å². The smallest absolute Gasteiger partial charge is 0.272 e. The molecule has 4 aromatic rings. The monoisotopic (exact) mass is 420 g/mol. The number of halogens is 1. The fourth-order valence-electron chi connectivity index (χ4n) is 3.98. The summed E-state index contributed by atoms with van der Waals surface area (Å²) in [5.74, 6) is -0.581. The fourth-order valence-corrected chi connectivity index (χ4v) is 3.98. The topological polar surface area (TPSA) is 77.1 Å². The Balaban J connectivity index is 1.66. The summed E-state index contributed by atoms with van der Waals surface area (Å²) in [5.41, 5.74) is 5.36. The second-order valence-corrected chi connectivity index (χ2v) is 7.47. The van der Waals surface area contributed by atoms with Crippen LogP contribution < -0.4 is 5.32 Å². The molecule has 0 radical (unpaired) electrons. The van der Waals surface area contributed by atoms with E-state index >= 15 is 0 Å². The van der Waals surface area contributed by atoms with E-state index in [0.717, 1.165) is 41.2 Å². The maximum atomic E-state index is 13.3. The van der Waals surface area contributed by atoms with Gasteiger partial charge in [0, 0.05) is 35.6 Å². The molecule has 1 N–H and O–H groups in total. The van der Waals surface area contributed by atoms with Crippen molar-refractivity contribution in [3.63, 3.8) is 0 Å². The van der Waals surface area contributed by atoms with E-state index in [4.69, 9.17) is 0 Å². The van der Waals surface area contributed by atoms with E-state index in [9.17, 15) is 9.18 Å². The van der Waals surface area contributed by atoms with Crippen LogP contribution in [0, 0.1) is 19.7 Å². The molecule has 0 saturated heterocycles. The molecule has 31 heavy (non-hydrogen) atoms. The van der Waals surface area contributed by atoms with E-state index in [2.05, 4.69) is 20.5 Å². The van der Waals surface area contributed by atoms with Gasteiger partial charge in [0.2, 0.25) is 0 Å². The number of hydrogen-bond acceptors (Lipinski definition) is 4. The van der Waals surface area contributed by atoms with Crippen LogP contribution in [0.2, 0.25) is 0 Å². The third kappa shape index (κ3) is 3.81. The number of carbonyl (C=O) groups excluding carboxylic acids is 1. The van der Waals surface area contributed by atoms with Crippen LogP contribution in [-0.4, -0.2) is 30.3 Å². The van der Waals surface area contributed by atoms with E-state index < -0.39 is 0 Å². The second-order valence-electron chi connectivity index (χ2n) is 7.47. The molecule has 0 aliphatic heterocycles. The number of benzene rings is 1. The second kappa shape index (κ2) is 8.29. The fraction of sp³-hybridized carbons (Fsp3) is 0.304. The zero-order chi connectivity index (χ0) is 22.1. The molecule has 0 saturated carbocycles. The maximum absolute atomic E-state index is 13.3. The first-order valence-corrected chi connectivity index (χ1v) is 10.4. The zero-order valence-electron chi connectivity index (χ0n) is 18.1. The quantitative estimate of drug-likeness (QED) is 0.506. The van der Waals surface area contributed by atoms with Crippen molar-refractivity contribution in [2.75, 3.05) is 0 Å². The van der Waals surface area contributed by atoms with Gasteiger partial charge in [0.05, 0.1) is 17.4 Å². The summed E-state index contributed by atoms with van der Waals surface area (Å²) >= 11 is 0. The first-order chi connectivity index (χ1) is 14.9. The zero-order valence-corrected chi connectivity index (χ0v) is 18.1. The molecule has 3 heterocycles. The molecule has 0 fully saturated rings. The lowest BCUT2D eigenvalue weighted by atomic mass is 10.0. The first-order valence-electron chi connectivity index (χ1n) is 10.4. The van der Waals surface area contributed by atoms with E-state index in [-0.39, 0.29) is 23.5 Å². The average Bonchev–Trinajstić information content (AvgIpc) is 3.33. The third-order valence-electron chi connectivity index (χ3n) is 5.53.